The number of benzene rings is 2. The van der Waals surface area contributed by atoms with E-state index in [1.54, 1.807) is 6.20 Å². The minimum Gasteiger partial charge on any atom is -0.481 e. The van der Waals surface area contributed by atoms with Gasteiger partial charge >= 0.3 is 5.97 Å². The highest BCUT2D eigenvalue weighted by Crippen LogP contribution is 2.36. The van der Waals surface area contributed by atoms with Crippen LogP contribution in [0.2, 0.25) is 0 Å². The molecule has 12 heteroatoms. The maximum absolute atomic E-state index is 13.8. The zero-order valence-corrected chi connectivity index (χ0v) is 31.2. The lowest BCUT2D eigenvalue weighted by Crippen LogP contribution is -2.42. The van der Waals surface area contributed by atoms with Crippen molar-refractivity contribution in [2.45, 2.75) is 77.6 Å². The molecule has 1 saturated carbocycles. The molecule has 3 aromatic heterocycles. The van der Waals surface area contributed by atoms with Crippen LogP contribution in [0.15, 0.2) is 60.9 Å². The third-order valence-corrected chi connectivity index (χ3v) is 11.8. The number of aromatic nitrogens is 4. The molecule has 5 heterocycles. The Morgan fingerprint density at radius 3 is 2.39 bits per heavy atom. The van der Waals surface area contributed by atoms with Gasteiger partial charge in [-0.25, -0.2) is 9.97 Å². The first-order valence-corrected chi connectivity index (χ1v) is 19.1. The maximum Gasteiger partial charge on any atom is 0.306 e. The Bertz CT molecular complexity index is 2230. The summed E-state index contributed by atoms with van der Waals surface area (Å²) in [5, 5.41) is 27.1. The molecule has 54 heavy (non-hydrogen) atoms. The van der Waals surface area contributed by atoms with E-state index in [0.717, 1.165) is 107 Å². The van der Waals surface area contributed by atoms with Gasteiger partial charge in [-0.3, -0.25) is 24.4 Å². The number of anilines is 3. The van der Waals surface area contributed by atoms with Crippen molar-refractivity contribution in [3.8, 4) is 11.1 Å². The number of carbonyl (C=O) groups excluding carboxylic acids is 1. The van der Waals surface area contributed by atoms with Crippen molar-refractivity contribution in [1.82, 2.24) is 29.3 Å². The standard InChI is InChI=1S/C42H48N8O4/c1-25-32(6-4-8-34(25)45-39-38-29(14-17-43-39)20-27(21-44-38)22-49-18-15-31(51)23-49)33-7-5-9-35(26(33)2)47-41(52)40-46-36-24-50(19-16-37(36)48(40)3)30-12-10-28(11-13-30)42(53)54/h4-9,14,17,20-21,28,30-31,51H,10-13,15-16,18-19,22-24H2,1-3H3,(H,43,45)(H,47,52)(H,53,54). The van der Waals surface area contributed by atoms with E-state index < -0.39 is 5.97 Å². The Labute approximate surface area is 315 Å². The first kappa shape index (κ1) is 35.8. The quantitative estimate of drug-likeness (QED) is 0.138. The molecular formula is C42H48N8O4. The van der Waals surface area contributed by atoms with Crippen LogP contribution in [-0.2, 0) is 31.4 Å². The molecule has 1 aliphatic carbocycles. The molecule has 2 fully saturated rings. The number of nitrogens with zero attached hydrogens (tertiary/aromatic N) is 6. The average molecular weight is 729 g/mol. The zero-order valence-electron chi connectivity index (χ0n) is 31.2. The Kier molecular flexibility index (Phi) is 9.91. The highest BCUT2D eigenvalue weighted by atomic mass is 16.4. The number of rotatable bonds is 9. The van der Waals surface area contributed by atoms with Crippen LogP contribution in [0.5, 0.6) is 0 Å². The molecule has 1 atom stereocenters. The molecule has 2 aliphatic heterocycles. The summed E-state index contributed by atoms with van der Waals surface area (Å²) >= 11 is 0. The molecule has 1 amide bonds. The minimum absolute atomic E-state index is 0.236. The average Bonchev–Trinajstić information content (AvgIpc) is 3.74. The number of β-amino-alcohol motifs (C(OH)–C–C–N with tert-alkyl or cyclic N) is 1. The second-order valence-electron chi connectivity index (χ2n) is 15.2. The zero-order chi connectivity index (χ0) is 37.5. The molecule has 12 nitrogen and oxygen atoms in total. The van der Waals surface area contributed by atoms with Crippen molar-refractivity contribution < 1.29 is 19.8 Å². The van der Waals surface area contributed by atoms with Gasteiger partial charge in [0.05, 0.1) is 17.7 Å². The summed E-state index contributed by atoms with van der Waals surface area (Å²) in [7, 11) is 1.92. The largest absolute Gasteiger partial charge is 0.481 e. The third-order valence-electron chi connectivity index (χ3n) is 11.8. The molecule has 2 aromatic carbocycles. The van der Waals surface area contributed by atoms with Crippen LogP contribution in [0.4, 0.5) is 17.2 Å². The van der Waals surface area contributed by atoms with Gasteiger partial charge in [-0.15, -0.1) is 0 Å². The number of aliphatic hydroxyl groups excluding tert-OH is 1. The Balaban J connectivity index is 0.978. The van der Waals surface area contributed by atoms with Gasteiger partial charge in [0.25, 0.3) is 5.91 Å². The normalized spacial score (nSPS) is 20.6. The van der Waals surface area contributed by atoms with E-state index in [4.69, 9.17) is 9.97 Å². The van der Waals surface area contributed by atoms with Crippen LogP contribution >= 0.6 is 0 Å². The van der Waals surface area contributed by atoms with E-state index >= 15 is 0 Å². The number of likely N-dealkylation sites (tertiary alicyclic amines) is 1. The second-order valence-corrected chi connectivity index (χ2v) is 15.2. The highest BCUT2D eigenvalue weighted by Gasteiger charge is 2.33. The van der Waals surface area contributed by atoms with Crippen molar-refractivity contribution in [1.29, 1.82) is 0 Å². The van der Waals surface area contributed by atoms with Gasteiger partial charge < -0.3 is 25.4 Å². The Morgan fingerprint density at radius 1 is 0.926 bits per heavy atom. The lowest BCUT2D eigenvalue weighted by molar-refractivity contribution is -0.143. The van der Waals surface area contributed by atoms with Crippen LogP contribution in [-0.4, -0.2) is 83.2 Å². The molecule has 5 aromatic rings. The van der Waals surface area contributed by atoms with Crippen molar-refractivity contribution in [3.63, 3.8) is 0 Å². The van der Waals surface area contributed by atoms with Gasteiger partial charge in [-0.2, -0.15) is 0 Å². The molecule has 0 radical (unpaired) electrons. The van der Waals surface area contributed by atoms with Crippen LogP contribution in [0.3, 0.4) is 0 Å². The number of hydrogen-bond donors (Lipinski definition) is 4. The molecule has 0 spiro atoms. The lowest BCUT2D eigenvalue weighted by atomic mass is 9.85. The topological polar surface area (TPSA) is 149 Å². The van der Waals surface area contributed by atoms with Gasteiger partial charge in [0.2, 0.25) is 0 Å². The van der Waals surface area contributed by atoms with Crippen molar-refractivity contribution in [2.75, 3.05) is 30.3 Å². The predicted molar refractivity (Wildman–Crippen MR) is 209 cm³/mol. The van der Waals surface area contributed by atoms with Gasteiger partial charge in [0.15, 0.2) is 11.6 Å². The van der Waals surface area contributed by atoms with E-state index in [9.17, 15) is 19.8 Å². The highest BCUT2D eigenvalue weighted by molar-refractivity contribution is 6.03. The molecule has 1 unspecified atom stereocenters. The molecule has 280 valence electrons. The van der Waals surface area contributed by atoms with E-state index in [1.807, 2.05) is 55.1 Å². The number of carboxylic acids is 1. The SMILES string of the molecule is Cc1c(NC(=O)c2nc3c(n2C)CCN(C2CCC(C(=O)O)CC2)C3)cccc1-c1cccc(Nc2nccc3cc(CN4CCC(O)C4)cnc23)c1C. The van der Waals surface area contributed by atoms with Gasteiger partial charge in [-0.05, 0) is 98.0 Å². The van der Waals surface area contributed by atoms with Crippen LogP contribution in [0, 0.1) is 19.8 Å². The smallest absolute Gasteiger partial charge is 0.306 e. The number of aliphatic carboxylic acids is 1. The monoisotopic (exact) mass is 728 g/mol. The van der Waals surface area contributed by atoms with Gasteiger partial charge in [-0.1, -0.05) is 24.3 Å². The van der Waals surface area contributed by atoms with Crippen LogP contribution in [0.25, 0.3) is 22.0 Å². The lowest BCUT2D eigenvalue weighted by Gasteiger charge is -2.37. The number of imidazole rings is 1. The fourth-order valence-corrected chi connectivity index (χ4v) is 8.68. The Hall–Kier alpha value is -5.17. The van der Waals surface area contributed by atoms with Crippen molar-refractivity contribution in [2.24, 2.45) is 13.0 Å². The predicted octanol–water partition coefficient (Wildman–Crippen LogP) is 6.21. The number of hydrogen-bond acceptors (Lipinski definition) is 9. The molecule has 0 bridgehead atoms. The summed E-state index contributed by atoms with van der Waals surface area (Å²) in [6.07, 6.45) is 8.25. The number of amides is 1. The van der Waals surface area contributed by atoms with Crippen LogP contribution < -0.4 is 10.6 Å². The van der Waals surface area contributed by atoms with Crippen LogP contribution in [0.1, 0.15) is 70.8 Å². The fourth-order valence-electron chi connectivity index (χ4n) is 8.68. The van der Waals surface area contributed by atoms with Crippen molar-refractivity contribution in [3.05, 3.63) is 94.8 Å². The summed E-state index contributed by atoms with van der Waals surface area (Å²) in [5.41, 5.74) is 9.62. The Morgan fingerprint density at radius 2 is 1.67 bits per heavy atom. The maximum atomic E-state index is 13.8. The molecule has 3 aliphatic rings. The van der Waals surface area contributed by atoms with Gasteiger partial charge in [0, 0.05) is 87.1 Å². The summed E-state index contributed by atoms with van der Waals surface area (Å²) in [6.45, 7) is 8.00. The van der Waals surface area contributed by atoms with E-state index in [1.165, 1.54) is 0 Å². The summed E-state index contributed by atoms with van der Waals surface area (Å²) in [5.74, 6) is -0.0973. The number of carboxylic acid groups (broad SMARTS) is 1. The summed E-state index contributed by atoms with van der Waals surface area (Å²) in [6, 6.07) is 16.6. The van der Waals surface area contributed by atoms with E-state index in [-0.39, 0.29) is 17.9 Å². The first-order chi connectivity index (χ1) is 26.1. The first-order valence-electron chi connectivity index (χ1n) is 19.1. The minimum atomic E-state index is -0.686. The molecule has 4 N–H and O–H groups in total. The fraction of sp³-hybridized carbons (Fsp3) is 0.405. The summed E-state index contributed by atoms with van der Waals surface area (Å²) < 4.78 is 1.93. The molecule has 1 saturated heterocycles. The number of pyridine rings is 2. The molecular weight excluding hydrogens is 681 g/mol. The van der Waals surface area contributed by atoms with Crippen molar-refractivity contribution >= 4 is 40.0 Å². The number of carbonyl (C=O) groups is 2. The van der Waals surface area contributed by atoms with E-state index in [0.29, 0.717) is 43.6 Å². The summed E-state index contributed by atoms with van der Waals surface area (Å²) in [4.78, 5) is 44.2. The third kappa shape index (κ3) is 7.08. The number of aliphatic hydroxyl groups is 1. The van der Waals surface area contributed by atoms with E-state index in [2.05, 4.69) is 50.5 Å². The number of nitrogens with one attached hydrogen (secondary N) is 2. The molecule has 8 rings (SSSR count). The second kappa shape index (κ2) is 14.9. The number of fused-ring (bicyclic) bond motifs is 2. The van der Waals surface area contributed by atoms with Gasteiger partial charge in [0.1, 0.15) is 5.52 Å².